The summed E-state index contributed by atoms with van der Waals surface area (Å²) in [6.07, 6.45) is 2.12. The first-order valence-electron chi connectivity index (χ1n) is 6.11. The van der Waals surface area contributed by atoms with Gasteiger partial charge in [-0.1, -0.05) is 12.1 Å². The quantitative estimate of drug-likeness (QED) is 0.750. The Morgan fingerprint density at radius 3 is 2.56 bits per heavy atom. The van der Waals surface area contributed by atoms with Crippen molar-refractivity contribution in [2.24, 2.45) is 0 Å². The molecule has 0 aliphatic rings. The number of aryl methyl sites for hydroxylation is 1. The maximum Gasteiger partial charge on any atom is 0.343 e. The van der Waals surface area contributed by atoms with E-state index in [1.54, 1.807) is 0 Å². The van der Waals surface area contributed by atoms with Crippen LogP contribution in [-0.4, -0.2) is 32.8 Å². The van der Waals surface area contributed by atoms with Gasteiger partial charge in [0.25, 0.3) is 0 Å². The van der Waals surface area contributed by atoms with Gasteiger partial charge in [-0.05, 0) is 44.5 Å². The van der Waals surface area contributed by atoms with E-state index in [-0.39, 0.29) is 12.6 Å². The molecule has 0 amide bonds. The van der Waals surface area contributed by atoms with Gasteiger partial charge < -0.3 is 14.8 Å². The molecule has 1 N–H and O–H groups in total. The molecule has 0 heterocycles. The number of carbonyl (C=O) groups is 1. The number of hydrogen-bond acceptors (Lipinski definition) is 4. The van der Waals surface area contributed by atoms with Gasteiger partial charge in [0.05, 0.1) is 7.11 Å². The summed E-state index contributed by atoms with van der Waals surface area (Å²) in [5, 5.41) is 3.21. The van der Waals surface area contributed by atoms with Crippen LogP contribution in [0.3, 0.4) is 0 Å². The minimum Gasteiger partial charge on any atom is -0.482 e. The second kappa shape index (κ2) is 7.71. The Morgan fingerprint density at radius 2 is 2.00 bits per heavy atom. The lowest BCUT2D eigenvalue weighted by Gasteiger charge is -2.10. The molecule has 4 heteroatoms. The molecule has 0 saturated heterocycles. The highest BCUT2D eigenvalue weighted by atomic mass is 16.6. The van der Waals surface area contributed by atoms with Gasteiger partial charge in [-0.2, -0.15) is 0 Å². The van der Waals surface area contributed by atoms with Gasteiger partial charge in [-0.15, -0.1) is 0 Å². The van der Waals surface area contributed by atoms with E-state index < -0.39 is 0 Å². The second-order valence-corrected chi connectivity index (χ2v) is 4.24. The fourth-order valence-corrected chi connectivity index (χ4v) is 1.48. The van der Waals surface area contributed by atoms with Crippen LogP contribution in [0.5, 0.6) is 5.75 Å². The number of methoxy groups -OCH3 is 1. The minimum atomic E-state index is -0.373. The Labute approximate surface area is 108 Å². The first kappa shape index (κ1) is 14.5. The Bertz CT molecular complexity index is 362. The molecule has 0 bridgehead atoms. The lowest BCUT2D eigenvalue weighted by atomic mass is 10.1. The SMILES string of the molecule is CNC(C)CCc1ccc(OCC(=O)OC)cc1. The molecule has 1 rings (SSSR count). The summed E-state index contributed by atoms with van der Waals surface area (Å²) in [4.78, 5) is 10.9. The van der Waals surface area contributed by atoms with E-state index >= 15 is 0 Å². The molecule has 0 saturated carbocycles. The Kier molecular flexibility index (Phi) is 6.22. The van der Waals surface area contributed by atoms with Gasteiger partial charge >= 0.3 is 5.97 Å². The third-order valence-corrected chi connectivity index (χ3v) is 2.87. The number of esters is 1. The van der Waals surface area contributed by atoms with E-state index in [0.717, 1.165) is 12.8 Å². The van der Waals surface area contributed by atoms with Gasteiger partial charge in [-0.25, -0.2) is 4.79 Å². The maximum absolute atomic E-state index is 10.9. The van der Waals surface area contributed by atoms with E-state index in [1.807, 2.05) is 31.3 Å². The first-order valence-corrected chi connectivity index (χ1v) is 6.11. The van der Waals surface area contributed by atoms with E-state index in [0.29, 0.717) is 11.8 Å². The third-order valence-electron chi connectivity index (χ3n) is 2.87. The Balaban J connectivity index is 2.40. The monoisotopic (exact) mass is 251 g/mol. The van der Waals surface area contributed by atoms with Gasteiger partial charge in [0.1, 0.15) is 5.75 Å². The second-order valence-electron chi connectivity index (χ2n) is 4.24. The summed E-state index contributed by atoms with van der Waals surface area (Å²) >= 11 is 0. The standard InChI is InChI=1S/C14H21NO3/c1-11(15-2)4-5-12-6-8-13(9-7-12)18-10-14(16)17-3/h6-9,11,15H,4-5,10H2,1-3H3. The summed E-state index contributed by atoms with van der Waals surface area (Å²) in [6, 6.07) is 8.31. The van der Waals surface area contributed by atoms with Crippen LogP contribution in [0, 0.1) is 0 Å². The van der Waals surface area contributed by atoms with Crippen molar-refractivity contribution in [1.29, 1.82) is 0 Å². The lowest BCUT2D eigenvalue weighted by molar-refractivity contribution is -0.142. The zero-order valence-electron chi connectivity index (χ0n) is 11.2. The van der Waals surface area contributed by atoms with Crippen LogP contribution in [0.4, 0.5) is 0 Å². The molecule has 1 aromatic carbocycles. The summed E-state index contributed by atoms with van der Waals surface area (Å²) in [7, 11) is 3.31. The predicted molar refractivity (Wildman–Crippen MR) is 70.8 cm³/mol. The molecule has 0 fully saturated rings. The van der Waals surface area contributed by atoms with Crippen molar-refractivity contribution in [2.75, 3.05) is 20.8 Å². The number of benzene rings is 1. The number of rotatable bonds is 7. The maximum atomic E-state index is 10.9. The number of carbonyl (C=O) groups excluding carboxylic acids is 1. The van der Waals surface area contributed by atoms with Crippen molar-refractivity contribution < 1.29 is 14.3 Å². The number of ether oxygens (including phenoxy) is 2. The summed E-state index contributed by atoms with van der Waals surface area (Å²) in [5.74, 6) is 0.313. The fraction of sp³-hybridized carbons (Fsp3) is 0.500. The molecule has 0 aromatic heterocycles. The molecular formula is C14H21NO3. The Morgan fingerprint density at radius 1 is 1.33 bits per heavy atom. The lowest BCUT2D eigenvalue weighted by Crippen LogP contribution is -2.21. The van der Waals surface area contributed by atoms with Crippen molar-refractivity contribution in [3.05, 3.63) is 29.8 Å². The topological polar surface area (TPSA) is 47.6 Å². The van der Waals surface area contributed by atoms with Crippen LogP contribution in [0.25, 0.3) is 0 Å². The molecule has 18 heavy (non-hydrogen) atoms. The highest BCUT2D eigenvalue weighted by molar-refractivity contribution is 5.70. The third kappa shape index (κ3) is 5.19. The van der Waals surface area contributed by atoms with E-state index in [2.05, 4.69) is 17.0 Å². The molecule has 1 aromatic rings. The smallest absolute Gasteiger partial charge is 0.343 e. The minimum absolute atomic E-state index is 0.0490. The molecule has 0 aliphatic heterocycles. The largest absolute Gasteiger partial charge is 0.482 e. The summed E-state index contributed by atoms with van der Waals surface area (Å²) in [5.41, 5.74) is 1.27. The van der Waals surface area contributed by atoms with Crippen LogP contribution in [0.2, 0.25) is 0 Å². The van der Waals surface area contributed by atoms with Gasteiger partial charge in [0.15, 0.2) is 6.61 Å². The average Bonchev–Trinajstić information content (AvgIpc) is 2.43. The van der Waals surface area contributed by atoms with Crippen molar-refractivity contribution in [3.63, 3.8) is 0 Å². The van der Waals surface area contributed by atoms with E-state index in [9.17, 15) is 4.79 Å². The van der Waals surface area contributed by atoms with E-state index in [4.69, 9.17) is 4.74 Å². The van der Waals surface area contributed by atoms with Gasteiger partial charge in [0.2, 0.25) is 0 Å². The highest BCUT2D eigenvalue weighted by Crippen LogP contribution is 2.14. The average molecular weight is 251 g/mol. The zero-order valence-corrected chi connectivity index (χ0v) is 11.2. The molecule has 100 valence electrons. The van der Waals surface area contributed by atoms with Gasteiger partial charge in [0, 0.05) is 6.04 Å². The molecule has 0 spiro atoms. The van der Waals surface area contributed by atoms with Crippen LogP contribution in [-0.2, 0) is 16.0 Å². The zero-order chi connectivity index (χ0) is 13.4. The van der Waals surface area contributed by atoms with Crippen molar-refractivity contribution in [1.82, 2.24) is 5.32 Å². The van der Waals surface area contributed by atoms with Crippen molar-refractivity contribution >= 4 is 5.97 Å². The number of hydrogen-bond donors (Lipinski definition) is 1. The van der Waals surface area contributed by atoms with Crippen LogP contribution in [0.1, 0.15) is 18.9 Å². The summed E-state index contributed by atoms with van der Waals surface area (Å²) in [6.45, 7) is 2.11. The summed E-state index contributed by atoms with van der Waals surface area (Å²) < 4.78 is 9.78. The molecule has 4 nitrogen and oxygen atoms in total. The first-order chi connectivity index (χ1) is 8.65. The molecular weight excluding hydrogens is 230 g/mol. The van der Waals surface area contributed by atoms with Crippen molar-refractivity contribution in [2.45, 2.75) is 25.8 Å². The molecule has 0 aliphatic carbocycles. The van der Waals surface area contributed by atoms with Crippen molar-refractivity contribution in [3.8, 4) is 5.75 Å². The van der Waals surface area contributed by atoms with Gasteiger partial charge in [-0.3, -0.25) is 0 Å². The van der Waals surface area contributed by atoms with Crippen LogP contribution >= 0.6 is 0 Å². The molecule has 1 unspecified atom stereocenters. The molecule has 1 atom stereocenters. The number of nitrogens with one attached hydrogen (secondary N) is 1. The Hall–Kier alpha value is -1.55. The normalized spacial score (nSPS) is 11.9. The van der Waals surface area contributed by atoms with Crippen LogP contribution in [0.15, 0.2) is 24.3 Å². The molecule has 0 radical (unpaired) electrons. The highest BCUT2D eigenvalue weighted by Gasteiger charge is 2.03. The van der Waals surface area contributed by atoms with Crippen LogP contribution < -0.4 is 10.1 Å². The van der Waals surface area contributed by atoms with E-state index in [1.165, 1.54) is 12.7 Å². The predicted octanol–water partition coefficient (Wildman–Crippen LogP) is 1.78. The fourth-order valence-electron chi connectivity index (χ4n) is 1.48.